The highest BCUT2D eigenvalue weighted by Gasteiger charge is 2.38. The molecule has 3 aliphatic heterocycles. The molecule has 7 heteroatoms. The van der Waals surface area contributed by atoms with Crippen LogP contribution in [0.5, 0.6) is 0 Å². The number of piperidine rings is 2. The van der Waals surface area contributed by atoms with Crippen LogP contribution >= 0.6 is 0 Å². The van der Waals surface area contributed by atoms with Crippen molar-refractivity contribution in [1.82, 2.24) is 15.1 Å². The molecule has 7 nitrogen and oxygen atoms in total. The van der Waals surface area contributed by atoms with E-state index >= 15 is 0 Å². The second-order valence-electron chi connectivity index (χ2n) is 11.5. The minimum Gasteiger partial charge on any atom is -0.391 e. The predicted molar refractivity (Wildman–Crippen MR) is 144 cm³/mol. The van der Waals surface area contributed by atoms with E-state index in [-0.39, 0.29) is 12.0 Å². The molecule has 200 valence electrons. The van der Waals surface area contributed by atoms with Gasteiger partial charge in [-0.3, -0.25) is 9.69 Å². The number of nitrogens with one attached hydrogen (secondary N) is 1. The van der Waals surface area contributed by atoms with Crippen molar-refractivity contribution in [2.75, 3.05) is 63.9 Å². The number of hydrogen-bond donors (Lipinski definition) is 2. The van der Waals surface area contributed by atoms with E-state index in [2.05, 4.69) is 27.2 Å². The number of likely N-dealkylation sites (tertiary alicyclic amines) is 1. The number of carbonyl (C=O) groups is 1. The average Bonchev–Trinajstić information content (AvgIpc) is 3.19. The van der Waals surface area contributed by atoms with Crippen LogP contribution in [-0.2, 0) is 4.74 Å². The smallest absolute Gasteiger partial charge is 0.253 e. The van der Waals surface area contributed by atoms with Gasteiger partial charge in [0.15, 0.2) is 0 Å². The Morgan fingerprint density at radius 2 is 1.61 bits per heavy atom. The maximum atomic E-state index is 12.8. The summed E-state index contributed by atoms with van der Waals surface area (Å²) in [6.07, 6.45) is 11.7. The van der Waals surface area contributed by atoms with Gasteiger partial charge >= 0.3 is 0 Å². The number of benzene rings is 1. The quantitative estimate of drug-likeness (QED) is 0.587. The molecule has 5 rings (SSSR count). The van der Waals surface area contributed by atoms with Crippen molar-refractivity contribution < 1.29 is 14.6 Å². The van der Waals surface area contributed by atoms with E-state index in [0.717, 1.165) is 83.7 Å². The summed E-state index contributed by atoms with van der Waals surface area (Å²) >= 11 is 0. The zero-order valence-corrected chi connectivity index (χ0v) is 22.0. The summed E-state index contributed by atoms with van der Waals surface area (Å²) in [4.78, 5) is 19.8. The van der Waals surface area contributed by atoms with E-state index in [0.29, 0.717) is 18.1 Å². The number of hydrogen-bond acceptors (Lipinski definition) is 6. The highest BCUT2D eigenvalue weighted by Crippen LogP contribution is 2.33. The van der Waals surface area contributed by atoms with E-state index in [4.69, 9.17) is 4.74 Å². The van der Waals surface area contributed by atoms with Crippen LogP contribution in [0.25, 0.3) is 0 Å². The molecule has 1 aromatic rings. The number of anilines is 1. The van der Waals surface area contributed by atoms with Crippen molar-refractivity contribution in [3.05, 3.63) is 29.8 Å². The Kier molecular flexibility index (Phi) is 8.83. The molecule has 1 aliphatic carbocycles. The molecule has 4 aliphatic rings. The van der Waals surface area contributed by atoms with Gasteiger partial charge in [-0.1, -0.05) is 25.7 Å². The molecule has 36 heavy (non-hydrogen) atoms. The number of aliphatic hydroxyl groups is 1. The fraction of sp³-hybridized carbons (Fsp3) is 0.759. The zero-order chi connectivity index (χ0) is 24.8. The van der Waals surface area contributed by atoms with Crippen molar-refractivity contribution in [3.63, 3.8) is 0 Å². The third kappa shape index (κ3) is 6.24. The van der Waals surface area contributed by atoms with Gasteiger partial charge < -0.3 is 25.0 Å². The third-order valence-electron chi connectivity index (χ3n) is 9.09. The first-order chi connectivity index (χ1) is 17.6. The summed E-state index contributed by atoms with van der Waals surface area (Å²) in [6, 6.07) is 8.69. The van der Waals surface area contributed by atoms with Gasteiger partial charge in [0.1, 0.15) is 0 Å². The summed E-state index contributed by atoms with van der Waals surface area (Å²) in [5.74, 6) is 0.0379. The number of morpholine rings is 1. The lowest BCUT2D eigenvalue weighted by Crippen LogP contribution is -2.59. The first kappa shape index (κ1) is 26.0. The minimum atomic E-state index is -0.386. The molecule has 4 fully saturated rings. The lowest BCUT2D eigenvalue weighted by atomic mass is 9.86. The fourth-order valence-electron chi connectivity index (χ4n) is 6.84. The van der Waals surface area contributed by atoms with Crippen LogP contribution in [0.15, 0.2) is 24.3 Å². The number of rotatable bonds is 6. The largest absolute Gasteiger partial charge is 0.391 e. The molecule has 2 N–H and O–H groups in total. The minimum absolute atomic E-state index is 0.0379. The molecule has 0 unspecified atom stereocenters. The Morgan fingerprint density at radius 1 is 0.917 bits per heavy atom. The summed E-state index contributed by atoms with van der Waals surface area (Å²) < 4.78 is 5.67. The molecule has 1 saturated carbocycles. The lowest BCUT2D eigenvalue weighted by molar-refractivity contribution is -0.0298. The molecular weight excluding hydrogens is 452 g/mol. The summed E-state index contributed by atoms with van der Waals surface area (Å²) in [5, 5.41) is 13.9. The Labute approximate surface area is 217 Å². The summed E-state index contributed by atoms with van der Waals surface area (Å²) in [6.45, 7) is 8.32. The molecular formula is C29H46N4O3. The van der Waals surface area contributed by atoms with Gasteiger partial charge in [-0.05, 0) is 62.8 Å². The second-order valence-corrected chi connectivity index (χ2v) is 11.5. The van der Waals surface area contributed by atoms with Gasteiger partial charge in [0.2, 0.25) is 0 Å². The van der Waals surface area contributed by atoms with Crippen LogP contribution in [0.4, 0.5) is 5.69 Å². The van der Waals surface area contributed by atoms with Crippen LogP contribution in [0, 0.1) is 0 Å². The Balaban J connectivity index is 1.12. The normalized spacial score (nSPS) is 26.5. The van der Waals surface area contributed by atoms with E-state index in [1.54, 1.807) is 4.90 Å². The monoisotopic (exact) mass is 498 g/mol. The summed E-state index contributed by atoms with van der Waals surface area (Å²) in [5.41, 5.74) is 2.24. The number of carbonyl (C=O) groups excluding carboxylic acids is 1. The average molecular weight is 499 g/mol. The molecule has 0 bridgehead atoms. The van der Waals surface area contributed by atoms with Gasteiger partial charge in [-0.2, -0.15) is 0 Å². The molecule has 3 heterocycles. The van der Waals surface area contributed by atoms with Crippen LogP contribution in [0.3, 0.4) is 0 Å². The molecule has 0 spiro atoms. The van der Waals surface area contributed by atoms with Crippen molar-refractivity contribution >= 4 is 11.6 Å². The van der Waals surface area contributed by atoms with Gasteiger partial charge in [0.05, 0.1) is 19.3 Å². The fourth-order valence-corrected chi connectivity index (χ4v) is 6.84. The Hall–Kier alpha value is -1.67. The second kappa shape index (κ2) is 12.2. The number of ether oxygens (including phenoxy) is 1. The Bertz CT molecular complexity index is 825. The summed E-state index contributed by atoms with van der Waals surface area (Å²) in [7, 11) is 0. The number of β-amino-alcohol motifs (C(OH)–C–C–N with tert-alkyl or cyclic N) is 1. The van der Waals surface area contributed by atoms with Crippen molar-refractivity contribution in [3.8, 4) is 0 Å². The molecule has 1 atom stereocenters. The van der Waals surface area contributed by atoms with Crippen LogP contribution < -0.4 is 10.2 Å². The maximum absolute atomic E-state index is 12.8. The predicted octanol–water partition coefficient (Wildman–Crippen LogP) is 3.27. The first-order valence-electron chi connectivity index (χ1n) is 14.5. The Morgan fingerprint density at radius 3 is 2.28 bits per heavy atom. The van der Waals surface area contributed by atoms with Crippen molar-refractivity contribution in [2.45, 2.75) is 81.9 Å². The molecule has 0 radical (unpaired) electrons. The molecule has 1 amide bonds. The van der Waals surface area contributed by atoms with E-state index < -0.39 is 0 Å². The maximum Gasteiger partial charge on any atom is 0.253 e. The van der Waals surface area contributed by atoms with Crippen LogP contribution in [-0.4, -0.2) is 97.5 Å². The van der Waals surface area contributed by atoms with Crippen LogP contribution in [0.1, 0.15) is 74.6 Å². The molecule has 1 aromatic carbocycles. The van der Waals surface area contributed by atoms with Crippen LogP contribution in [0.2, 0.25) is 0 Å². The van der Waals surface area contributed by atoms with Gasteiger partial charge in [0, 0.05) is 68.6 Å². The van der Waals surface area contributed by atoms with Gasteiger partial charge in [-0.15, -0.1) is 0 Å². The highest BCUT2D eigenvalue weighted by atomic mass is 16.5. The van der Waals surface area contributed by atoms with Crippen molar-refractivity contribution in [1.29, 1.82) is 0 Å². The molecule has 3 saturated heterocycles. The highest BCUT2D eigenvalue weighted by molar-refractivity contribution is 5.94. The third-order valence-corrected chi connectivity index (χ3v) is 9.09. The van der Waals surface area contributed by atoms with E-state index in [1.165, 1.54) is 44.2 Å². The van der Waals surface area contributed by atoms with Crippen molar-refractivity contribution in [2.24, 2.45) is 0 Å². The number of amides is 1. The topological polar surface area (TPSA) is 68.3 Å². The van der Waals surface area contributed by atoms with E-state index in [1.807, 2.05) is 12.1 Å². The van der Waals surface area contributed by atoms with Gasteiger partial charge in [0.25, 0.3) is 5.91 Å². The number of nitrogens with zero attached hydrogens (tertiary/aromatic N) is 3. The zero-order valence-electron chi connectivity index (χ0n) is 22.0. The first-order valence-corrected chi connectivity index (χ1v) is 14.5. The standard InChI is InChI=1S/C29H46N4O3/c34-27-6-5-15-32(22-27)28(35)24-7-9-26(10-8-24)31-16-11-25(12-17-31)30-23-29(13-3-1-2-4-14-29)33-18-20-36-21-19-33/h7-10,25,27,30,34H,1-6,11-23H2/t27-/m0/s1. The number of aliphatic hydroxyl groups excluding tert-OH is 1. The SMILES string of the molecule is O=C(c1ccc(N2CCC(NCC3(N4CCOCC4)CCCCCC3)CC2)cc1)N1CCC[C@H](O)C1. The lowest BCUT2D eigenvalue weighted by Gasteiger charge is -2.47. The molecule has 0 aromatic heterocycles. The van der Waals surface area contributed by atoms with E-state index in [9.17, 15) is 9.90 Å². The van der Waals surface area contributed by atoms with Gasteiger partial charge in [-0.25, -0.2) is 0 Å².